The van der Waals surface area contributed by atoms with Crippen molar-refractivity contribution in [3.63, 3.8) is 0 Å². The summed E-state index contributed by atoms with van der Waals surface area (Å²) < 4.78 is 30.0. The quantitative estimate of drug-likeness (QED) is 0.768. The first-order valence-electron chi connectivity index (χ1n) is 6.61. The van der Waals surface area contributed by atoms with Crippen LogP contribution in [0.4, 0.5) is 0 Å². The predicted molar refractivity (Wildman–Crippen MR) is 76.8 cm³/mol. The summed E-state index contributed by atoms with van der Waals surface area (Å²) in [5.74, 6) is -1.56. The third-order valence-electron chi connectivity index (χ3n) is 3.80. The van der Waals surface area contributed by atoms with Crippen molar-refractivity contribution in [3.05, 3.63) is 29.8 Å². The van der Waals surface area contributed by atoms with Crippen LogP contribution < -0.4 is 0 Å². The number of carbonyl (C=O) groups excluding carboxylic acids is 1. The molecule has 1 fully saturated rings. The van der Waals surface area contributed by atoms with Crippen molar-refractivity contribution in [1.29, 1.82) is 0 Å². The summed E-state index contributed by atoms with van der Waals surface area (Å²) in [5, 5.41) is 8.68. The molecular weight excluding hydrogens is 310 g/mol. The van der Waals surface area contributed by atoms with Crippen molar-refractivity contribution in [3.8, 4) is 0 Å². The zero-order valence-corrected chi connectivity index (χ0v) is 13.1. The number of carbonyl (C=O) groups is 2. The molecule has 0 saturated heterocycles. The Kier molecular flexibility index (Phi) is 4.25. The largest absolute Gasteiger partial charge is 0.480 e. The highest BCUT2D eigenvalue weighted by Crippen LogP contribution is 2.49. The Morgan fingerprint density at radius 3 is 2.23 bits per heavy atom. The number of hydrogen-bond acceptors (Lipinski definition) is 5. The number of methoxy groups -OCH3 is 1. The lowest BCUT2D eigenvalue weighted by Gasteiger charge is -2.16. The fraction of sp³-hybridized carbons (Fsp3) is 0.429. The molecule has 0 bridgehead atoms. The molecule has 0 heterocycles. The van der Waals surface area contributed by atoms with Crippen molar-refractivity contribution in [2.45, 2.75) is 23.2 Å². The standard InChI is InChI=1S/C14H17NO6S/c1-15(9-12(16)17)22(19,20)11-5-3-10(4-6-11)14(7-8-14)13(18)21-2/h3-6H,7-9H2,1-2H3,(H,16,17). The molecule has 0 atom stereocenters. The number of aliphatic carboxylic acids is 1. The van der Waals surface area contributed by atoms with E-state index in [0.29, 0.717) is 18.4 Å². The molecule has 22 heavy (non-hydrogen) atoms. The molecule has 7 nitrogen and oxygen atoms in total. The fourth-order valence-electron chi connectivity index (χ4n) is 2.33. The molecule has 1 aliphatic carbocycles. The minimum Gasteiger partial charge on any atom is -0.480 e. The van der Waals surface area contributed by atoms with E-state index in [9.17, 15) is 18.0 Å². The van der Waals surface area contributed by atoms with Gasteiger partial charge < -0.3 is 9.84 Å². The lowest BCUT2D eigenvalue weighted by Crippen LogP contribution is -2.32. The van der Waals surface area contributed by atoms with Gasteiger partial charge in [0.1, 0.15) is 6.54 Å². The second-order valence-electron chi connectivity index (χ2n) is 5.25. The van der Waals surface area contributed by atoms with Gasteiger partial charge in [0.05, 0.1) is 17.4 Å². The summed E-state index contributed by atoms with van der Waals surface area (Å²) in [7, 11) is -1.34. The lowest BCUT2D eigenvalue weighted by molar-refractivity contribution is -0.143. The zero-order chi connectivity index (χ0) is 16.5. The van der Waals surface area contributed by atoms with E-state index in [-0.39, 0.29) is 10.9 Å². The summed E-state index contributed by atoms with van der Waals surface area (Å²) in [6.07, 6.45) is 1.34. The monoisotopic (exact) mass is 327 g/mol. The molecule has 1 aromatic carbocycles. The van der Waals surface area contributed by atoms with Gasteiger partial charge in [-0.2, -0.15) is 4.31 Å². The number of nitrogens with zero attached hydrogens (tertiary/aromatic N) is 1. The van der Waals surface area contributed by atoms with E-state index < -0.39 is 28.0 Å². The molecule has 2 rings (SSSR count). The van der Waals surface area contributed by atoms with Crippen molar-refractivity contribution in [2.24, 2.45) is 0 Å². The van der Waals surface area contributed by atoms with Crippen LogP contribution >= 0.6 is 0 Å². The minimum atomic E-state index is -3.87. The highest BCUT2D eigenvalue weighted by Gasteiger charge is 2.52. The van der Waals surface area contributed by atoms with Crippen molar-refractivity contribution < 1.29 is 27.9 Å². The van der Waals surface area contributed by atoms with Crippen LogP contribution in [-0.4, -0.2) is 50.5 Å². The third-order valence-corrected chi connectivity index (χ3v) is 5.62. The molecule has 0 amide bonds. The van der Waals surface area contributed by atoms with Gasteiger partial charge in [0, 0.05) is 7.05 Å². The van der Waals surface area contributed by atoms with Crippen LogP contribution in [0.2, 0.25) is 0 Å². The molecule has 1 aliphatic rings. The summed E-state index contributed by atoms with van der Waals surface area (Å²) in [6.45, 7) is -0.615. The minimum absolute atomic E-state index is 0.0133. The molecule has 1 aromatic rings. The number of esters is 1. The normalized spacial score (nSPS) is 16.3. The van der Waals surface area contributed by atoms with Crippen LogP contribution in [0.25, 0.3) is 0 Å². The molecule has 0 aromatic heterocycles. The Morgan fingerprint density at radius 1 is 1.27 bits per heavy atom. The third kappa shape index (κ3) is 2.84. The van der Waals surface area contributed by atoms with Gasteiger partial charge in [0.2, 0.25) is 10.0 Å². The van der Waals surface area contributed by atoms with E-state index in [1.54, 1.807) is 12.1 Å². The number of ether oxygens (including phenoxy) is 1. The second kappa shape index (κ2) is 5.69. The van der Waals surface area contributed by atoms with Gasteiger partial charge in [-0.15, -0.1) is 0 Å². The van der Waals surface area contributed by atoms with Crippen molar-refractivity contribution in [1.82, 2.24) is 4.31 Å². The summed E-state index contributed by atoms with van der Waals surface area (Å²) in [4.78, 5) is 22.4. The van der Waals surface area contributed by atoms with Crippen LogP contribution in [0.1, 0.15) is 18.4 Å². The maximum absolute atomic E-state index is 12.2. The number of sulfonamides is 1. The van der Waals surface area contributed by atoms with E-state index >= 15 is 0 Å². The number of carboxylic acid groups (broad SMARTS) is 1. The van der Waals surface area contributed by atoms with Crippen molar-refractivity contribution in [2.75, 3.05) is 20.7 Å². The average Bonchev–Trinajstić information content (AvgIpc) is 3.27. The fourth-order valence-corrected chi connectivity index (χ4v) is 3.45. The molecule has 0 radical (unpaired) electrons. The highest BCUT2D eigenvalue weighted by molar-refractivity contribution is 7.89. The smallest absolute Gasteiger partial charge is 0.318 e. The van der Waals surface area contributed by atoms with E-state index in [1.807, 2.05) is 0 Å². The Labute approximate surface area is 128 Å². The molecule has 0 spiro atoms. The second-order valence-corrected chi connectivity index (χ2v) is 7.30. The van der Waals surface area contributed by atoms with Gasteiger partial charge in [-0.25, -0.2) is 8.42 Å². The number of rotatable bonds is 6. The lowest BCUT2D eigenvalue weighted by atomic mass is 9.96. The number of likely N-dealkylation sites (N-methyl/N-ethyl adjacent to an activating group) is 1. The zero-order valence-electron chi connectivity index (χ0n) is 12.3. The van der Waals surface area contributed by atoms with Crippen LogP contribution in [0.5, 0.6) is 0 Å². The van der Waals surface area contributed by atoms with Gasteiger partial charge in [-0.05, 0) is 30.5 Å². The topological polar surface area (TPSA) is 101 Å². The van der Waals surface area contributed by atoms with Gasteiger partial charge in [0.15, 0.2) is 0 Å². The number of benzene rings is 1. The molecule has 8 heteroatoms. The Balaban J connectivity index is 2.26. The van der Waals surface area contributed by atoms with Crippen LogP contribution in [-0.2, 0) is 29.8 Å². The molecular formula is C14H17NO6S. The van der Waals surface area contributed by atoms with E-state index in [4.69, 9.17) is 9.84 Å². The average molecular weight is 327 g/mol. The first kappa shape index (κ1) is 16.4. The van der Waals surface area contributed by atoms with Gasteiger partial charge in [0.25, 0.3) is 0 Å². The van der Waals surface area contributed by atoms with E-state index in [0.717, 1.165) is 4.31 Å². The summed E-state index contributed by atoms with van der Waals surface area (Å²) in [6, 6.07) is 5.91. The molecule has 0 aliphatic heterocycles. The molecule has 0 unspecified atom stereocenters. The predicted octanol–water partition coefficient (Wildman–Crippen LogP) is 0.596. The Bertz CT molecular complexity index is 691. The first-order chi connectivity index (χ1) is 10.2. The van der Waals surface area contributed by atoms with Crippen LogP contribution in [0.3, 0.4) is 0 Å². The maximum Gasteiger partial charge on any atom is 0.318 e. The Morgan fingerprint density at radius 2 is 1.82 bits per heavy atom. The summed E-state index contributed by atoms with van der Waals surface area (Å²) in [5.41, 5.74) is 0.0449. The number of carboxylic acids is 1. The van der Waals surface area contributed by atoms with E-state index in [2.05, 4.69) is 0 Å². The molecule has 120 valence electrons. The van der Waals surface area contributed by atoms with E-state index in [1.165, 1.54) is 26.3 Å². The molecule has 1 N–H and O–H groups in total. The van der Waals surface area contributed by atoms with Crippen LogP contribution in [0, 0.1) is 0 Å². The SMILES string of the molecule is COC(=O)C1(c2ccc(S(=O)(=O)N(C)CC(=O)O)cc2)CC1. The maximum atomic E-state index is 12.2. The van der Waals surface area contributed by atoms with Gasteiger partial charge >= 0.3 is 11.9 Å². The van der Waals surface area contributed by atoms with Gasteiger partial charge in [-0.1, -0.05) is 12.1 Å². The molecule has 1 saturated carbocycles. The highest BCUT2D eigenvalue weighted by atomic mass is 32.2. The Hall–Kier alpha value is -1.93. The van der Waals surface area contributed by atoms with Crippen LogP contribution in [0.15, 0.2) is 29.2 Å². The first-order valence-corrected chi connectivity index (χ1v) is 8.05. The summed E-state index contributed by atoms with van der Waals surface area (Å²) >= 11 is 0. The number of hydrogen-bond donors (Lipinski definition) is 1. The van der Waals surface area contributed by atoms with Gasteiger partial charge in [-0.3, -0.25) is 9.59 Å². The van der Waals surface area contributed by atoms with Crippen molar-refractivity contribution >= 4 is 22.0 Å².